The quantitative estimate of drug-likeness (QED) is 0.0568. The molecule has 5 aromatic rings. The smallest absolute Gasteiger partial charge is 0.394 e. The summed E-state index contributed by atoms with van der Waals surface area (Å²) in [5, 5.41) is 14.3. The number of carbonyl (C=O) groups is 3. The van der Waals surface area contributed by atoms with Crippen molar-refractivity contribution in [3.05, 3.63) is 82.0 Å². The molecule has 1 aliphatic heterocycles. The Hall–Kier alpha value is -5.25. The van der Waals surface area contributed by atoms with Crippen LogP contribution in [0.4, 0.5) is 43.3 Å². The van der Waals surface area contributed by atoms with E-state index < -0.39 is 47.1 Å². The molecule has 1 saturated heterocycles. The number of nitrogens with two attached hydrogens (primary N) is 1. The average Bonchev–Trinajstić information content (AvgIpc) is 3.89. The zero-order valence-electron chi connectivity index (χ0n) is 30.8. The van der Waals surface area contributed by atoms with E-state index >= 15 is 4.39 Å². The van der Waals surface area contributed by atoms with Gasteiger partial charge in [-0.1, -0.05) is 27.3 Å². The van der Waals surface area contributed by atoms with Crippen LogP contribution >= 0.6 is 27.3 Å². The van der Waals surface area contributed by atoms with Crippen LogP contribution in [0.3, 0.4) is 0 Å². The molecule has 6 rings (SSSR count). The lowest BCUT2D eigenvalue weighted by Gasteiger charge is -2.27. The number of primary amides is 1. The van der Waals surface area contributed by atoms with Gasteiger partial charge in [0.2, 0.25) is 5.91 Å². The number of rotatable bonds is 10. The molecule has 0 aliphatic carbocycles. The molecule has 0 bridgehead atoms. The summed E-state index contributed by atoms with van der Waals surface area (Å²) in [6, 6.07) is 7.47. The van der Waals surface area contributed by atoms with Crippen molar-refractivity contribution >= 4 is 72.7 Å². The average molecular weight is 883 g/mol. The van der Waals surface area contributed by atoms with Crippen LogP contribution in [0.1, 0.15) is 48.4 Å². The number of carbonyl (C=O) groups excluding carboxylic acids is 3. The van der Waals surface area contributed by atoms with Gasteiger partial charge in [0.05, 0.1) is 58.3 Å². The highest BCUT2D eigenvalue weighted by molar-refractivity contribution is 9.10. The van der Waals surface area contributed by atoms with Gasteiger partial charge in [-0.2, -0.15) is 13.2 Å². The minimum atomic E-state index is -4.45. The molecule has 6 N–H and O–H groups in total. The number of aliphatic hydroxyl groups is 1. The van der Waals surface area contributed by atoms with Gasteiger partial charge in [0, 0.05) is 24.3 Å². The molecule has 1 fully saturated rings. The summed E-state index contributed by atoms with van der Waals surface area (Å²) >= 11 is 4.29. The number of aryl methyl sites for hydroxylation is 2. The van der Waals surface area contributed by atoms with Crippen LogP contribution in [0.25, 0.3) is 21.5 Å². The van der Waals surface area contributed by atoms with E-state index in [9.17, 15) is 31.9 Å². The van der Waals surface area contributed by atoms with Crippen molar-refractivity contribution in [3.63, 3.8) is 0 Å². The normalized spacial score (nSPS) is 14.3. The second-order valence-electron chi connectivity index (χ2n) is 13.3. The molecule has 0 spiro atoms. The molecule has 14 nitrogen and oxygen atoms in total. The predicted octanol–water partition coefficient (Wildman–Crippen LogP) is 6.85. The van der Waals surface area contributed by atoms with Gasteiger partial charge in [-0.15, -0.1) is 0 Å². The third-order valence-corrected chi connectivity index (χ3v) is 10.6. The van der Waals surface area contributed by atoms with E-state index in [1.54, 1.807) is 30.7 Å². The summed E-state index contributed by atoms with van der Waals surface area (Å²) in [6.07, 6.45) is -0.524. The maximum Gasteiger partial charge on any atom is 0.399 e. The second kappa shape index (κ2) is 17.5. The van der Waals surface area contributed by atoms with E-state index in [1.807, 2.05) is 0 Å². The number of hydroxylamine groups is 1. The van der Waals surface area contributed by atoms with Crippen molar-refractivity contribution in [2.24, 2.45) is 12.8 Å². The molecule has 4 heterocycles. The van der Waals surface area contributed by atoms with Gasteiger partial charge < -0.3 is 25.6 Å². The first-order valence-corrected chi connectivity index (χ1v) is 18.7. The fraction of sp³-hybridized carbons (Fsp3) is 0.333. The summed E-state index contributed by atoms with van der Waals surface area (Å²) < 4.78 is 71.4. The standard InChI is InChI=1S/C19H22F3N5O2S.C17H15BrF2N4O3/c1-10-14(11-6-7-24-13(9-11)18(2,3)19(20,21)22)30-16(25-10)26-17(29)27-8-4-5-12(27)15(23)28;1-24-8-21-16-13(24)7-10(17(26)23-27-5-4-25)15(14(16)20)22-12-3-2-9(18)6-11(12)19/h6-7,9,12H,4-5,8H2,1-3H3,(H2,23,28)(H,25,26,29);2-3,6-8,22,25H,4-5H2,1H3,(H,23,26)/t12-;/m0./s1. The summed E-state index contributed by atoms with van der Waals surface area (Å²) in [6.45, 7) is 3.84. The number of benzene rings is 2. The Morgan fingerprint density at radius 2 is 1.86 bits per heavy atom. The third kappa shape index (κ3) is 9.49. The number of hydrogen-bond acceptors (Lipinski definition) is 10. The number of urea groups is 1. The van der Waals surface area contributed by atoms with Gasteiger partial charge in [-0.3, -0.25) is 24.7 Å². The molecule has 1 atom stereocenters. The number of amides is 4. The van der Waals surface area contributed by atoms with Crippen molar-refractivity contribution in [1.29, 1.82) is 0 Å². The molecule has 0 radical (unpaired) electrons. The van der Waals surface area contributed by atoms with Gasteiger partial charge in [0.1, 0.15) is 22.8 Å². The van der Waals surface area contributed by atoms with Gasteiger partial charge in [-0.25, -0.2) is 29.0 Å². The number of fused-ring (bicyclic) bond motifs is 1. The SMILES string of the molecule is Cc1nc(NC(=O)N2CCC[C@H]2C(N)=O)sc1-c1ccnc(C(C)(C)C(F)(F)F)c1.Cn1cnc2c(F)c(Nc3ccc(Br)cc3F)c(C(=O)NOCCO)cc21. The number of halogens is 6. The van der Waals surface area contributed by atoms with E-state index in [0.29, 0.717) is 45.5 Å². The molecule has 1 aliphatic rings. The lowest BCUT2D eigenvalue weighted by atomic mass is 9.87. The first-order valence-electron chi connectivity index (χ1n) is 17.1. The summed E-state index contributed by atoms with van der Waals surface area (Å²) in [7, 11) is 1.65. The van der Waals surface area contributed by atoms with Crippen LogP contribution in [-0.2, 0) is 22.1 Å². The number of hydrogen-bond donors (Lipinski definition) is 5. The van der Waals surface area contributed by atoms with Crippen LogP contribution < -0.4 is 21.8 Å². The highest BCUT2D eigenvalue weighted by Gasteiger charge is 2.49. The molecule has 21 heteroatoms. The van der Waals surface area contributed by atoms with E-state index in [-0.39, 0.29) is 46.5 Å². The van der Waals surface area contributed by atoms with Crippen molar-refractivity contribution in [3.8, 4) is 10.4 Å². The number of alkyl halides is 3. The molecule has 0 unspecified atom stereocenters. The summed E-state index contributed by atoms with van der Waals surface area (Å²) in [5.41, 5.74) is 6.38. The minimum Gasteiger partial charge on any atom is -0.394 e. The van der Waals surface area contributed by atoms with Crippen LogP contribution in [0, 0.1) is 18.6 Å². The van der Waals surface area contributed by atoms with E-state index in [1.165, 1.54) is 41.7 Å². The van der Waals surface area contributed by atoms with Crippen LogP contribution in [-0.4, -0.2) is 79.3 Å². The number of aliphatic hydroxyl groups excluding tert-OH is 1. The molecule has 3 aromatic heterocycles. The number of pyridine rings is 1. The van der Waals surface area contributed by atoms with Gasteiger partial charge in [0.25, 0.3) is 5.91 Å². The van der Waals surface area contributed by atoms with Crippen molar-refractivity contribution < 1.29 is 46.3 Å². The zero-order chi connectivity index (χ0) is 41.8. The van der Waals surface area contributed by atoms with E-state index in [0.717, 1.165) is 25.2 Å². The van der Waals surface area contributed by atoms with Gasteiger partial charge in [0.15, 0.2) is 10.9 Å². The summed E-state index contributed by atoms with van der Waals surface area (Å²) in [4.78, 5) is 55.5. The Morgan fingerprint density at radius 1 is 1.12 bits per heavy atom. The largest absolute Gasteiger partial charge is 0.399 e. The number of imidazole rings is 1. The first kappa shape index (κ1) is 42.9. The molecule has 57 heavy (non-hydrogen) atoms. The summed E-state index contributed by atoms with van der Waals surface area (Å²) in [5.74, 6) is -2.75. The second-order valence-corrected chi connectivity index (χ2v) is 15.2. The maximum absolute atomic E-state index is 15.1. The van der Waals surface area contributed by atoms with E-state index in [2.05, 4.69) is 47.0 Å². The Labute approximate surface area is 334 Å². The van der Waals surface area contributed by atoms with Crippen LogP contribution in [0.2, 0.25) is 0 Å². The van der Waals surface area contributed by atoms with Crippen LogP contribution in [0.15, 0.2) is 53.4 Å². The Kier molecular flexibility index (Phi) is 13.2. The molecular weight excluding hydrogens is 845 g/mol. The highest BCUT2D eigenvalue weighted by atomic mass is 79.9. The number of nitrogens with one attached hydrogen (secondary N) is 3. The molecule has 304 valence electrons. The minimum absolute atomic E-state index is 0.0160. The van der Waals surface area contributed by atoms with Crippen molar-refractivity contribution in [1.82, 2.24) is 29.9 Å². The Balaban J connectivity index is 0.000000219. The molecular formula is C36H37BrF5N9O5S. The Morgan fingerprint density at radius 3 is 2.53 bits per heavy atom. The molecule has 4 amide bonds. The van der Waals surface area contributed by atoms with Gasteiger partial charge >= 0.3 is 12.2 Å². The topological polar surface area (TPSA) is 190 Å². The maximum atomic E-state index is 15.1. The lowest BCUT2D eigenvalue weighted by Crippen LogP contribution is -2.45. The fourth-order valence-corrected chi connectivity index (χ4v) is 7.00. The first-order chi connectivity index (χ1) is 26.8. The molecule has 2 aromatic carbocycles. The third-order valence-electron chi connectivity index (χ3n) is 8.98. The number of likely N-dealkylation sites (tertiary alicyclic amines) is 1. The van der Waals surface area contributed by atoms with Crippen molar-refractivity contribution in [2.45, 2.75) is 51.2 Å². The monoisotopic (exact) mass is 881 g/mol. The lowest BCUT2D eigenvalue weighted by molar-refractivity contribution is -0.181. The molecule has 0 saturated carbocycles. The zero-order valence-corrected chi connectivity index (χ0v) is 33.2. The number of anilines is 3. The predicted molar refractivity (Wildman–Crippen MR) is 206 cm³/mol. The number of nitrogens with zero attached hydrogens (tertiary/aromatic N) is 5. The van der Waals surface area contributed by atoms with Crippen LogP contribution in [0.5, 0.6) is 0 Å². The van der Waals surface area contributed by atoms with Crippen molar-refractivity contribution in [2.75, 3.05) is 30.4 Å². The number of aromatic nitrogens is 4. The van der Waals surface area contributed by atoms with Gasteiger partial charge in [-0.05, 0) is 75.6 Å². The highest BCUT2D eigenvalue weighted by Crippen LogP contribution is 2.41. The fourth-order valence-electron chi connectivity index (χ4n) is 5.71. The number of thiazole rings is 1. The van der Waals surface area contributed by atoms with E-state index in [4.69, 9.17) is 15.7 Å². The Bertz CT molecular complexity index is 2300.